The van der Waals surface area contributed by atoms with Crippen LogP contribution in [0, 0.1) is 0 Å². The highest BCUT2D eigenvalue weighted by Crippen LogP contribution is 2.32. The minimum absolute atomic E-state index is 0.104. The number of carbonyl (C=O) groups excluding carboxylic acids is 3. The molecule has 0 radical (unpaired) electrons. The minimum Gasteiger partial charge on any atom is -0.454 e. The normalized spacial score (nSPS) is 17.1. The van der Waals surface area contributed by atoms with E-state index in [0.29, 0.717) is 53.7 Å². The fourth-order valence-electron chi connectivity index (χ4n) is 4.83. The summed E-state index contributed by atoms with van der Waals surface area (Å²) in [6.45, 7) is 2.97. The molecule has 8 nitrogen and oxygen atoms in total. The number of rotatable bonds is 6. The SMILES string of the molecule is C[C@@H]1CN(C(=O)[C@@H](Cc2ccccc2)NC(=O)c2ccc3c(c2)OCO3)CCN1C(=O)c1ccc(Cl)cc1Cl. The van der Waals surface area contributed by atoms with Crippen molar-refractivity contribution in [3.05, 3.63) is 93.5 Å². The molecule has 0 aromatic heterocycles. The second-order valence-electron chi connectivity index (χ2n) is 9.54. The van der Waals surface area contributed by atoms with Crippen LogP contribution >= 0.6 is 23.2 Å². The number of ether oxygens (including phenoxy) is 2. The quantitative estimate of drug-likeness (QED) is 0.476. The Labute approximate surface area is 236 Å². The van der Waals surface area contributed by atoms with Gasteiger partial charge in [-0.05, 0) is 48.9 Å². The van der Waals surface area contributed by atoms with Gasteiger partial charge < -0.3 is 24.6 Å². The third-order valence-corrected chi connectivity index (χ3v) is 7.43. The predicted molar refractivity (Wildman–Crippen MR) is 148 cm³/mol. The van der Waals surface area contributed by atoms with Crippen LogP contribution in [0.2, 0.25) is 10.0 Å². The summed E-state index contributed by atoms with van der Waals surface area (Å²) in [4.78, 5) is 43.6. The number of fused-ring (bicyclic) bond motifs is 1. The number of hydrogen-bond donors (Lipinski definition) is 1. The van der Waals surface area contributed by atoms with Gasteiger partial charge in [0.2, 0.25) is 12.7 Å². The first-order valence-corrected chi connectivity index (χ1v) is 13.3. The number of piperazine rings is 1. The van der Waals surface area contributed by atoms with Crippen LogP contribution in [0.25, 0.3) is 0 Å². The molecule has 202 valence electrons. The Morgan fingerprint density at radius 2 is 1.74 bits per heavy atom. The predicted octanol–water partition coefficient (Wildman–Crippen LogP) is 4.44. The minimum atomic E-state index is -0.800. The Balaban J connectivity index is 1.30. The molecule has 5 rings (SSSR count). The number of halogens is 2. The van der Waals surface area contributed by atoms with Gasteiger partial charge in [-0.2, -0.15) is 0 Å². The van der Waals surface area contributed by atoms with Gasteiger partial charge in [0.25, 0.3) is 11.8 Å². The van der Waals surface area contributed by atoms with Crippen LogP contribution in [0.15, 0.2) is 66.7 Å². The smallest absolute Gasteiger partial charge is 0.255 e. The molecule has 10 heteroatoms. The lowest BCUT2D eigenvalue weighted by Crippen LogP contribution is -2.59. The molecule has 39 heavy (non-hydrogen) atoms. The molecule has 1 fully saturated rings. The topological polar surface area (TPSA) is 88.2 Å². The first kappa shape index (κ1) is 26.8. The zero-order valence-electron chi connectivity index (χ0n) is 21.2. The van der Waals surface area contributed by atoms with E-state index < -0.39 is 6.04 Å². The van der Waals surface area contributed by atoms with Crippen molar-refractivity contribution in [2.24, 2.45) is 0 Å². The molecule has 1 N–H and O–H groups in total. The van der Waals surface area contributed by atoms with Gasteiger partial charge in [-0.1, -0.05) is 53.5 Å². The summed E-state index contributed by atoms with van der Waals surface area (Å²) in [6, 6.07) is 18.2. The molecule has 2 aliphatic rings. The van der Waals surface area contributed by atoms with Crippen molar-refractivity contribution in [2.45, 2.75) is 25.4 Å². The molecule has 2 heterocycles. The van der Waals surface area contributed by atoms with Gasteiger partial charge in [0.1, 0.15) is 6.04 Å². The van der Waals surface area contributed by atoms with Crippen molar-refractivity contribution >= 4 is 40.9 Å². The van der Waals surface area contributed by atoms with Gasteiger partial charge in [-0.25, -0.2) is 0 Å². The molecule has 0 saturated carbocycles. The molecule has 2 atom stereocenters. The van der Waals surface area contributed by atoms with E-state index in [1.54, 1.807) is 40.1 Å². The molecule has 0 aliphatic carbocycles. The highest BCUT2D eigenvalue weighted by Gasteiger charge is 2.34. The molecule has 0 unspecified atom stereocenters. The van der Waals surface area contributed by atoms with Crippen LogP contribution in [-0.2, 0) is 11.2 Å². The number of hydrogen-bond acceptors (Lipinski definition) is 5. The molecule has 0 bridgehead atoms. The zero-order valence-corrected chi connectivity index (χ0v) is 22.7. The first-order valence-electron chi connectivity index (χ1n) is 12.6. The van der Waals surface area contributed by atoms with E-state index in [1.807, 2.05) is 37.3 Å². The van der Waals surface area contributed by atoms with Crippen molar-refractivity contribution in [3.63, 3.8) is 0 Å². The van der Waals surface area contributed by atoms with Gasteiger partial charge in [0, 0.05) is 42.7 Å². The lowest BCUT2D eigenvalue weighted by molar-refractivity contribution is -0.135. The molecular weight excluding hydrogens is 541 g/mol. The van der Waals surface area contributed by atoms with Crippen molar-refractivity contribution < 1.29 is 23.9 Å². The number of nitrogens with one attached hydrogen (secondary N) is 1. The van der Waals surface area contributed by atoms with E-state index in [-0.39, 0.29) is 35.6 Å². The van der Waals surface area contributed by atoms with Gasteiger partial charge in [0.05, 0.1) is 10.6 Å². The summed E-state index contributed by atoms with van der Waals surface area (Å²) in [5, 5.41) is 3.66. The summed E-state index contributed by atoms with van der Waals surface area (Å²) in [5.74, 6) is 0.250. The van der Waals surface area contributed by atoms with Gasteiger partial charge in [-0.3, -0.25) is 14.4 Å². The third-order valence-electron chi connectivity index (χ3n) is 6.88. The van der Waals surface area contributed by atoms with E-state index in [0.717, 1.165) is 5.56 Å². The lowest BCUT2D eigenvalue weighted by Gasteiger charge is -2.41. The maximum atomic E-state index is 13.8. The van der Waals surface area contributed by atoms with Crippen LogP contribution in [0.3, 0.4) is 0 Å². The monoisotopic (exact) mass is 567 g/mol. The van der Waals surface area contributed by atoms with Gasteiger partial charge >= 0.3 is 0 Å². The Morgan fingerprint density at radius 3 is 2.49 bits per heavy atom. The first-order chi connectivity index (χ1) is 18.8. The second kappa shape index (κ2) is 11.6. The molecule has 1 saturated heterocycles. The van der Waals surface area contributed by atoms with E-state index in [1.165, 1.54) is 6.07 Å². The fourth-order valence-corrected chi connectivity index (χ4v) is 5.32. The maximum Gasteiger partial charge on any atom is 0.255 e. The second-order valence-corrected chi connectivity index (χ2v) is 10.4. The summed E-state index contributed by atoms with van der Waals surface area (Å²) in [5.41, 5.74) is 1.65. The highest BCUT2D eigenvalue weighted by atomic mass is 35.5. The van der Waals surface area contributed by atoms with Crippen molar-refractivity contribution in [3.8, 4) is 11.5 Å². The van der Waals surface area contributed by atoms with Crippen LogP contribution in [0.5, 0.6) is 11.5 Å². The lowest BCUT2D eigenvalue weighted by atomic mass is 10.0. The number of carbonyl (C=O) groups is 3. The summed E-state index contributed by atoms with van der Waals surface area (Å²) in [6.07, 6.45) is 0.323. The molecule has 3 aromatic rings. The number of benzene rings is 3. The van der Waals surface area contributed by atoms with Crippen molar-refractivity contribution in [1.82, 2.24) is 15.1 Å². The van der Waals surface area contributed by atoms with Crippen molar-refractivity contribution in [2.75, 3.05) is 26.4 Å². The standard InChI is InChI=1S/C29H27Cl2N3O5/c1-18-16-33(11-12-34(18)28(36)22-9-8-21(30)15-23(22)31)29(37)24(13-19-5-3-2-4-6-19)32-27(35)20-7-10-25-26(14-20)39-17-38-25/h2-10,14-15,18,24H,11-13,16-17H2,1H3,(H,32,35)/t18-,24-/m1/s1. The maximum absolute atomic E-state index is 13.8. The van der Waals surface area contributed by atoms with Crippen LogP contribution in [0.4, 0.5) is 0 Å². The Morgan fingerprint density at radius 1 is 0.974 bits per heavy atom. The summed E-state index contributed by atoms with van der Waals surface area (Å²) < 4.78 is 10.7. The van der Waals surface area contributed by atoms with E-state index >= 15 is 0 Å². The third kappa shape index (κ3) is 5.97. The van der Waals surface area contributed by atoms with Crippen molar-refractivity contribution in [1.29, 1.82) is 0 Å². The summed E-state index contributed by atoms with van der Waals surface area (Å²) in [7, 11) is 0. The van der Waals surface area contributed by atoms with Crippen LogP contribution < -0.4 is 14.8 Å². The van der Waals surface area contributed by atoms with Crippen LogP contribution in [-0.4, -0.2) is 66.0 Å². The molecule has 0 spiro atoms. The zero-order chi connectivity index (χ0) is 27.5. The average Bonchev–Trinajstić information content (AvgIpc) is 3.40. The Hall–Kier alpha value is -3.75. The van der Waals surface area contributed by atoms with Gasteiger partial charge in [-0.15, -0.1) is 0 Å². The van der Waals surface area contributed by atoms with Gasteiger partial charge in [0.15, 0.2) is 11.5 Å². The largest absolute Gasteiger partial charge is 0.454 e. The molecule has 2 aliphatic heterocycles. The Kier molecular flexibility index (Phi) is 7.95. The Bertz CT molecular complexity index is 1400. The van der Waals surface area contributed by atoms with E-state index in [2.05, 4.69) is 5.32 Å². The molecule has 3 aromatic carbocycles. The number of nitrogens with zero attached hydrogens (tertiary/aromatic N) is 2. The summed E-state index contributed by atoms with van der Waals surface area (Å²) >= 11 is 12.2. The average molecular weight is 568 g/mol. The van der Waals surface area contributed by atoms with E-state index in [4.69, 9.17) is 32.7 Å². The molecular formula is C29H27Cl2N3O5. The highest BCUT2D eigenvalue weighted by molar-refractivity contribution is 6.36. The fraction of sp³-hybridized carbons (Fsp3) is 0.276. The number of amides is 3. The van der Waals surface area contributed by atoms with Crippen LogP contribution in [0.1, 0.15) is 33.2 Å². The molecule has 3 amide bonds. The van der Waals surface area contributed by atoms with E-state index in [9.17, 15) is 14.4 Å².